The molecule has 0 radical (unpaired) electrons. The molecule has 0 saturated carbocycles. The van der Waals surface area contributed by atoms with Crippen molar-refractivity contribution in [2.45, 2.75) is 0 Å². The molecule has 0 aliphatic heterocycles. The van der Waals surface area contributed by atoms with Crippen molar-refractivity contribution in [3.8, 4) is 0 Å². The lowest BCUT2D eigenvalue weighted by molar-refractivity contribution is 0.0690. The Labute approximate surface area is 112 Å². The molecule has 0 aliphatic rings. The molecule has 0 amide bonds. The third-order valence-corrected chi connectivity index (χ3v) is 2.67. The number of aromatic carboxylic acids is 1. The van der Waals surface area contributed by atoms with E-state index in [0.717, 1.165) is 0 Å². The molecule has 0 atom stereocenters. The zero-order chi connectivity index (χ0) is 13.1. The number of hydrogen-bond donors (Lipinski definition) is 3. The molecule has 0 saturated heterocycles. The van der Waals surface area contributed by atoms with Crippen LogP contribution >= 0.6 is 23.8 Å². The van der Waals surface area contributed by atoms with Crippen molar-refractivity contribution in [1.29, 1.82) is 0 Å². The Morgan fingerprint density at radius 3 is 2.94 bits per heavy atom. The number of pyridine rings is 1. The lowest BCUT2D eigenvalue weighted by Gasteiger charge is -2.07. The van der Waals surface area contributed by atoms with Gasteiger partial charge in [0.15, 0.2) is 0 Å². The summed E-state index contributed by atoms with van der Waals surface area (Å²) in [6, 6.07) is 3.08. The fourth-order valence-corrected chi connectivity index (χ4v) is 1.71. The standard InChI is InChI=1S/C10H7ClN4O2S/c11-5-3-6(9(18)15-8(5)10(16)17)14-7-1-2-12-4-13-7/h1-4H,(H,15,18)(H,16,17)(H,12,13,14). The molecular formula is C10H7ClN4O2S. The second kappa shape index (κ2) is 5.11. The van der Waals surface area contributed by atoms with E-state index in [9.17, 15) is 4.79 Å². The molecule has 0 unspecified atom stereocenters. The topological polar surface area (TPSA) is 90.9 Å². The number of carbonyl (C=O) groups is 1. The molecule has 0 bridgehead atoms. The van der Waals surface area contributed by atoms with Crippen LogP contribution in [0.15, 0.2) is 24.7 Å². The molecule has 6 nitrogen and oxygen atoms in total. The maximum Gasteiger partial charge on any atom is 0.353 e. The van der Waals surface area contributed by atoms with E-state index in [2.05, 4.69) is 20.3 Å². The predicted octanol–water partition coefficient (Wildman–Crippen LogP) is 2.63. The Kier molecular flexibility index (Phi) is 3.54. The highest BCUT2D eigenvalue weighted by atomic mass is 35.5. The smallest absolute Gasteiger partial charge is 0.353 e. The Balaban J connectivity index is 2.39. The molecule has 0 aliphatic carbocycles. The van der Waals surface area contributed by atoms with Gasteiger partial charge >= 0.3 is 5.97 Å². The van der Waals surface area contributed by atoms with Crippen molar-refractivity contribution in [3.05, 3.63) is 40.0 Å². The summed E-state index contributed by atoms with van der Waals surface area (Å²) in [5, 5.41) is 11.8. The second-order valence-electron chi connectivity index (χ2n) is 3.26. The van der Waals surface area contributed by atoms with Gasteiger partial charge in [-0.25, -0.2) is 14.8 Å². The summed E-state index contributed by atoms with van der Waals surface area (Å²) in [7, 11) is 0. The zero-order valence-corrected chi connectivity index (χ0v) is 10.4. The first-order valence-electron chi connectivity index (χ1n) is 4.77. The summed E-state index contributed by atoms with van der Waals surface area (Å²) in [5.41, 5.74) is 0.327. The minimum atomic E-state index is -1.17. The van der Waals surface area contributed by atoms with Crippen LogP contribution in [0.25, 0.3) is 0 Å². The maximum atomic E-state index is 10.8. The quantitative estimate of drug-likeness (QED) is 0.750. The Morgan fingerprint density at radius 2 is 2.33 bits per heavy atom. The highest BCUT2D eigenvalue weighted by molar-refractivity contribution is 7.71. The fraction of sp³-hybridized carbons (Fsp3) is 0. The van der Waals surface area contributed by atoms with E-state index in [1.807, 2.05) is 0 Å². The van der Waals surface area contributed by atoms with Crippen molar-refractivity contribution in [2.75, 3.05) is 5.32 Å². The van der Waals surface area contributed by atoms with E-state index in [1.165, 1.54) is 12.4 Å². The summed E-state index contributed by atoms with van der Waals surface area (Å²) in [6.45, 7) is 0. The number of aromatic nitrogens is 3. The van der Waals surface area contributed by atoms with E-state index in [0.29, 0.717) is 11.5 Å². The zero-order valence-electron chi connectivity index (χ0n) is 8.85. The number of nitrogens with zero attached hydrogens (tertiary/aromatic N) is 2. The molecule has 0 fully saturated rings. The van der Waals surface area contributed by atoms with Gasteiger partial charge in [0, 0.05) is 6.20 Å². The van der Waals surface area contributed by atoms with Crippen molar-refractivity contribution in [3.63, 3.8) is 0 Å². The number of rotatable bonds is 3. The van der Waals surface area contributed by atoms with Crippen molar-refractivity contribution >= 4 is 41.3 Å². The number of halogens is 1. The van der Waals surface area contributed by atoms with Crippen molar-refractivity contribution in [2.24, 2.45) is 0 Å². The van der Waals surface area contributed by atoms with E-state index >= 15 is 0 Å². The average Bonchev–Trinajstić information content (AvgIpc) is 2.34. The molecule has 8 heteroatoms. The third kappa shape index (κ3) is 2.63. The van der Waals surface area contributed by atoms with Gasteiger partial charge in [-0.3, -0.25) is 0 Å². The van der Waals surface area contributed by atoms with Gasteiger partial charge in [0.2, 0.25) is 0 Å². The molecule has 0 aromatic carbocycles. The fourth-order valence-electron chi connectivity index (χ4n) is 1.26. The number of hydrogen-bond acceptors (Lipinski definition) is 5. The largest absolute Gasteiger partial charge is 0.477 e. The van der Waals surface area contributed by atoms with Crippen LogP contribution in [0.1, 0.15) is 10.5 Å². The van der Waals surface area contributed by atoms with Crippen LogP contribution < -0.4 is 5.32 Å². The number of carboxylic acids is 1. The minimum absolute atomic E-state index is 0.0626. The molecule has 2 aromatic rings. The van der Waals surface area contributed by atoms with Crippen LogP contribution in [0, 0.1) is 4.64 Å². The summed E-state index contributed by atoms with van der Waals surface area (Å²) >= 11 is 10.9. The average molecular weight is 283 g/mol. The predicted molar refractivity (Wildman–Crippen MR) is 68.9 cm³/mol. The molecule has 18 heavy (non-hydrogen) atoms. The SMILES string of the molecule is O=C(O)c1[nH]c(=S)c(Nc2ccncn2)cc1Cl. The molecule has 92 valence electrons. The summed E-state index contributed by atoms with van der Waals surface area (Å²) in [4.78, 5) is 21.1. The monoisotopic (exact) mass is 282 g/mol. The molecule has 3 N–H and O–H groups in total. The van der Waals surface area contributed by atoms with E-state index < -0.39 is 5.97 Å². The first kappa shape index (κ1) is 12.5. The van der Waals surface area contributed by atoms with Gasteiger partial charge in [-0.1, -0.05) is 23.8 Å². The van der Waals surface area contributed by atoms with Gasteiger partial charge in [-0.2, -0.15) is 0 Å². The van der Waals surface area contributed by atoms with Gasteiger partial charge in [0.25, 0.3) is 0 Å². The number of aromatic amines is 1. The van der Waals surface area contributed by atoms with Gasteiger partial charge < -0.3 is 15.4 Å². The lowest BCUT2D eigenvalue weighted by atomic mass is 10.3. The van der Waals surface area contributed by atoms with Crippen LogP contribution in [0.5, 0.6) is 0 Å². The molecular weight excluding hydrogens is 276 g/mol. The van der Waals surface area contributed by atoms with E-state index in [-0.39, 0.29) is 15.4 Å². The number of H-pyrrole nitrogens is 1. The Bertz CT molecular complexity index is 644. The van der Waals surface area contributed by atoms with Gasteiger partial charge in [-0.05, 0) is 12.1 Å². The number of anilines is 2. The maximum absolute atomic E-state index is 10.8. The van der Waals surface area contributed by atoms with Crippen LogP contribution in [-0.2, 0) is 0 Å². The van der Waals surface area contributed by atoms with Gasteiger partial charge in [-0.15, -0.1) is 0 Å². The van der Waals surface area contributed by atoms with Gasteiger partial charge in [0.05, 0.1) is 10.7 Å². The molecule has 2 aromatic heterocycles. The third-order valence-electron chi connectivity index (χ3n) is 2.05. The van der Waals surface area contributed by atoms with Crippen LogP contribution in [-0.4, -0.2) is 26.0 Å². The van der Waals surface area contributed by atoms with Gasteiger partial charge in [0.1, 0.15) is 22.5 Å². The number of carboxylic acid groups (broad SMARTS) is 1. The highest BCUT2D eigenvalue weighted by Gasteiger charge is 2.11. The van der Waals surface area contributed by atoms with Crippen molar-refractivity contribution < 1.29 is 9.90 Å². The van der Waals surface area contributed by atoms with E-state index in [1.54, 1.807) is 12.3 Å². The Morgan fingerprint density at radius 1 is 1.56 bits per heavy atom. The minimum Gasteiger partial charge on any atom is -0.477 e. The first-order valence-corrected chi connectivity index (χ1v) is 5.55. The normalized spacial score (nSPS) is 10.1. The second-order valence-corrected chi connectivity index (χ2v) is 4.08. The lowest BCUT2D eigenvalue weighted by Crippen LogP contribution is -2.04. The van der Waals surface area contributed by atoms with E-state index in [4.69, 9.17) is 28.9 Å². The summed E-state index contributed by atoms with van der Waals surface area (Å²) < 4.78 is 0.232. The highest BCUT2D eigenvalue weighted by Crippen LogP contribution is 2.22. The summed E-state index contributed by atoms with van der Waals surface area (Å²) in [6.07, 6.45) is 2.94. The van der Waals surface area contributed by atoms with Crippen molar-refractivity contribution in [1.82, 2.24) is 15.0 Å². The van der Waals surface area contributed by atoms with Crippen LogP contribution in [0.3, 0.4) is 0 Å². The molecule has 2 heterocycles. The molecule has 2 rings (SSSR count). The van der Waals surface area contributed by atoms with Crippen LogP contribution in [0.4, 0.5) is 11.5 Å². The number of nitrogens with one attached hydrogen (secondary N) is 2. The van der Waals surface area contributed by atoms with Crippen LogP contribution in [0.2, 0.25) is 5.02 Å². The summed E-state index contributed by atoms with van der Waals surface area (Å²) in [5.74, 6) is -0.636. The molecule has 0 spiro atoms. The Hall–Kier alpha value is -1.99. The first-order chi connectivity index (χ1) is 8.58.